The predicted octanol–water partition coefficient (Wildman–Crippen LogP) is 4.32. The number of hydrogen-bond acceptors (Lipinski definition) is 2. The van der Waals surface area contributed by atoms with Crippen LogP contribution in [0, 0.1) is 0 Å². The molecule has 2 saturated heterocycles. The van der Waals surface area contributed by atoms with Crippen molar-refractivity contribution in [1.29, 1.82) is 0 Å². The summed E-state index contributed by atoms with van der Waals surface area (Å²) in [6.07, 6.45) is 2.46. The number of rotatable bonds is 3. The summed E-state index contributed by atoms with van der Waals surface area (Å²) in [4.78, 5) is 2.60. The first-order valence-corrected chi connectivity index (χ1v) is 8.78. The van der Waals surface area contributed by atoms with Gasteiger partial charge in [-0.1, -0.05) is 74.5 Å². The van der Waals surface area contributed by atoms with E-state index in [4.69, 9.17) is 4.65 Å². The molecule has 3 heteroatoms. The number of fused-ring (bicyclic) bond motifs is 1. The van der Waals surface area contributed by atoms with Gasteiger partial charge in [0.1, 0.15) is 5.60 Å². The molecule has 0 amide bonds. The Labute approximate surface area is 139 Å². The van der Waals surface area contributed by atoms with Gasteiger partial charge in [-0.25, -0.2) is 0 Å². The number of nitrogens with zero attached hydrogens (tertiary/aromatic N) is 1. The van der Waals surface area contributed by atoms with E-state index in [0.29, 0.717) is 11.9 Å². The minimum absolute atomic E-state index is 0.197. The lowest BCUT2D eigenvalue weighted by atomic mass is 9.68. The summed E-state index contributed by atoms with van der Waals surface area (Å²) in [5.41, 5.74) is 2.23. The Morgan fingerprint density at radius 1 is 1.00 bits per heavy atom. The number of hydrogen-bond donors (Lipinski definition) is 0. The zero-order valence-electron chi connectivity index (χ0n) is 14.0. The third-order valence-corrected chi connectivity index (χ3v) is 5.37. The van der Waals surface area contributed by atoms with Gasteiger partial charge < -0.3 is 9.47 Å². The first kappa shape index (κ1) is 15.0. The molecule has 0 saturated carbocycles. The average Bonchev–Trinajstić information content (AvgIpc) is 3.18. The fourth-order valence-electron chi connectivity index (χ4n) is 4.45. The van der Waals surface area contributed by atoms with Crippen molar-refractivity contribution in [3.63, 3.8) is 0 Å². The van der Waals surface area contributed by atoms with Crippen LogP contribution in [-0.2, 0) is 10.3 Å². The van der Waals surface area contributed by atoms with Crippen LogP contribution in [-0.4, -0.2) is 24.4 Å². The maximum absolute atomic E-state index is 6.88. The molecule has 0 aliphatic carbocycles. The number of benzene rings is 2. The molecular weight excluding hydrogens is 281 g/mol. The molecule has 23 heavy (non-hydrogen) atoms. The Bertz CT molecular complexity index is 618. The van der Waals surface area contributed by atoms with Gasteiger partial charge >= 0.3 is 7.05 Å². The van der Waals surface area contributed by atoms with E-state index in [2.05, 4.69) is 79.3 Å². The molecule has 2 heterocycles. The molecule has 0 spiro atoms. The van der Waals surface area contributed by atoms with Crippen molar-refractivity contribution < 1.29 is 4.65 Å². The van der Waals surface area contributed by atoms with Crippen molar-refractivity contribution in [2.24, 2.45) is 0 Å². The summed E-state index contributed by atoms with van der Waals surface area (Å²) in [7, 11) is 0.197. The van der Waals surface area contributed by atoms with Gasteiger partial charge in [-0.15, -0.1) is 0 Å². The van der Waals surface area contributed by atoms with Gasteiger partial charge in [0.25, 0.3) is 0 Å². The topological polar surface area (TPSA) is 12.5 Å². The molecule has 0 aromatic heterocycles. The molecule has 1 atom stereocenters. The monoisotopic (exact) mass is 305 g/mol. The molecule has 2 fully saturated rings. The maximum Gasteiger partial charge on any atom is 0.386 e. The zero-order valence-corrected chi connectivity index (χ0v) is 14.0. The highest BCUT2D eigenvalue weighted by Gasteiger charge is 2.58. The molecule has 4 rings (SSSR count). The van der Waals surface area contributed by atoms with Crippen LogP contribution in [0.5, 0.6) is 0 Å². The van der Waals surface area contributed by atoms with Crippen molar-refractivity contribution in [3.8, 4) is 0 Å². The third-order valence-electron chi connectivity index (χ3n) is 5.37. The molecule has 2 aliphatic heterocycles. The van der Waals surface area contributed by atoms with Gasteiger partial charge in [0.2, 0.25) is 0 Å². The Kier molecular flexibility index (Phi) is 3.78. The quantitative estimate of drug-likeness (QED) is 0.783. The molecule has 0 radical (unpaired) electrons. The normalized spacial score (nSPS) is 23.4. The molecule has 2 aromatic rings. The van der Waals surface area contributed by atoms with E-state index in [0.717, 1.165) is 6.54 Å². The summed E-state index contributed by atoms with van der Waals surface area (Å²) < 4.78 is 6.88. The maximum atomic E-state index is 6.88. The second-order valence-corrected chi connectivity index (χ2v) is 7.12. The standard InChI is InChI=1S/C20H24BNO/c1-16(2)21-22-15-9-14-19(22)20(23-21,17-10-5-3-6-11-17)18-12-7-4-8-13-18/h3-8,10-13,16,19H,9,14-15H2,1-2H3/t19-/m1/s1. The van der Waals surface area contributed by atoms with Crippen LogP contribution in [0.4, 0.5) is 0 Å². The van der Waals surface area contributed by atoms with E-state index in [1.165, 1.54) is 24.0 Å². The van der Waals surface area contributed by atoms with E-state index in [1.54, 1.807) is 0 Å². The Balaban J connectivity index is 1.90. The Hall–Kier alpha value is -1.58. The largest absolute Gasteiger partial charge is 0.406 e. The van der Waals surface area contributed by atoms with Gasteiger partial charge in [-0.2, -0.15) is 0 Å². The summed E-state index contributed by atoms with van der Waals surface area (Å²) in [5, 5.41) is 0. The molecule has 118 valence electrons. The summed E-state index contributed by atoms with van der Waals surface area (Å²) in [5.74, 6) is 0.491. The molecule has 0 unspecified atom stereocenters. The van der Waals surface area contributed by atoms with Gasteiger partial charge in [0.15, 0.2) is 0 Å². The van der Waals surface area contributed by atoms with Crippen LogP contribution in [0.15, 0.2) is 60.7 Å². The fourth-order valence-corrected chi connectivity index (χ4v) is 4.45. The lowest BCUT2D eigenvalue weighted by Gasteiger charge is -2.36. The minimum atomic E-state index is -0.339. The van der Waals surface area contributed by atoms with Crippen molar-refractivity contribution in [1.82, 2.24) is 4.81 Å². The van der Waals surface area contributed by atoms with Gasteiger partial charge in [0.05, 0.1) is 0 Å². The summed E-state index contributed by atoms with van der Waals surface area (Å²) >= 11 is 0. The molecule has 0 N–H and O–H groups in total. The predicted molar refractivity (Wildman–Crippen MR) is 95.3 cm³/mol. The first-order valence-electron chi connectivity index (χ1n) is 8.78. The molecule has 2 aromatic carbocycles. The van der Waals surface area contributed by atoms with E-state index in [9.17, 15) is 0 Å². The summed E-state index contributed by atoms with van der Waals surface area (Å²) in [6, 6.07) is 22.0. The van der Waals surface area contributed by atoms with Crippen molar-refractivity contribution in [2.45, 2.75) is 44.1 Å². The second-order valence-electron chi connectivity index (χ2n) is 7.12. The fraction of sp³-hybridized carbons (Fsp3) is 0.400. The lowest BCUT2D eigenvalue weighted by molar-refractivity contribution is 0.104. The highest BCUT2D eigenvalue weighted by Crippen LogP contribution is 2.50. The van der Waals surface area contributed by atoms with Crippen LogP contribution in [0.3, 0.4) is 0 Å². The lowest BCUT2D eigenvalue weighted by Crippen LogP contribution is -2.41. The van der Waals surface area contributed by atoms with Crippen molar-refractivity contribution in [3.05, 3.63) is 71.8 Å². The zero-order chi connectivity index (χ0) is 15.9. The Morgan fingerprint density at radius 2 is 1.57 bits per heavy atom. The minimum Gasteiger partial charge on any atom is -0.406 e. The molecular formula is C20H24BNO. The van der Waals surface area contributed by atoms with Crippen LogP contribution >= 0.6 is 0 Å². The van der Waals surface area contributed by atoms with Crippen LogP contribution in [0.25, 0.3) is 0 Å². The van der Waals surface area contributed by atoms with Gasteiger partial charge in [0, 0.05) is 6.04 Å². The van der Waals surface area contributed by atoms with Gasteiger partial charge in [-0.3, -0.25) is 0 Å². The van der Waals surface area contributed by atoms with Crippen molar-refractivity contribution >= 4 is 7.05 Å². The van der Waals surface area contributed by atoms with Gasteiger partial charge in [-0.05, 0) is 36.3 Å². The second kappa shape index (κ2) is 5.81. The first-order chi connectivity index (χ1) is 11.2. The third kappa shape index (κ3) is 2.26. The van der Waals surface area contributed by atoms with Crippen LogP contribution in [0.2, 0.25) is 5.82 Å². The molecule has 0 bridgehead atoms. The molecule has 2 nitrogen and oxygen atoms in total. The highest BCUT2D eigenvalue weighted by atomic mass is 16.5. The van der Waals surface area contributed by atoms with Crippen molar-refractivity contribution in [2.75, 3.05) is 6.54 Å². The van der Waals surface area contributed by atoms with E-state index < -0.39 is 0 Å². The van der Waals surface area contributed by atoms with E-state index in [-0.39, 0.29) is 12.7 Å². The highest BCUT2D eigenvalue weighted by molar-refractivity contribution is 6.51. The average molecular weight is 305 g/mol. The van der Waals surface area contributed by atoms with Crippen LogP contribution < -0.4 is 0 Å². The van der Waals surface area contributed by atoms with E-state index >= 15 is 0 Å². The van der Waals surface area contributed by atoms with Crippen LogP contribution in [0.1, 0.15) is 37.8 Å². The van der Waals surface area contributed by atoms with E-state index in [1.807, 2.05) is 0 Å². The smallest absolute Gasteiger partial charge is 0.386 e. The molecule has 2 aliphatic rings. The Morgan fingerprint density at radius 3 is 2.09 bits per heavy atom. The summed E-state index contributed by atoms with van der Waals surface area (Å²) in [6.45, 7) is 5.69. The SMILES string of the molecule is CC(C)B1OC(c2ccccc2)(c2ccccc2)[C@H]2CCCN12.